The number of hydrogen-bond acceptors (Lipinski definition) is 6. The summed E-state index contributed by atoms with van der Waals surface area (Å²) in [5.41, 5.74) is 4.35. The first-order valence-corrected chi connectivity index (χ1v) is 13.7. The van der Waals surface area contributed by atoms with Crippen LogP contribution < -0.4 is 9.47 Å². The predicted octanol–water partition coefficient (Wildman–Crippen LogP) is 5.83. The standard InChI is InChI=1S/C29H38FN7O2/c1-8-18(5)37-27-16-36(9-2)15-19(6)39-29-23(14-31-35(29)7)21-12-22-25(32-33-26(22)13-24(21)30)11-10-20(27)28(34-37)38-17(3)4/h10-14,17-19H,8-9,15-16H2,1-7H3,(H,32,33)/b11-10+. The van der Waals surface area contributed by atoms with Gasteiger partial charge in [-0.05, 0) is 58.9 Å². The van der Waals surface area contributed by atoms with Crippen molar-refractivity contribution >= 4 is 23.1 Å². The van der Waals surface area contributed by atoms with Crippen LogP contribution in [0, 0.1) is 5.82 Å². The van der Waals surface area contributed by atoms with Crippen LogP contribution in [0.3, 0.4) is 0 Å². The van der Waals surface area contributed by atoms with E-state index >= 15 is 4.39 Å². The summed E-state index contributed by atoms with van der Waals surface area (Å²) in [5, 5.41) is 17.6. The van der Waals surface area contributed by atoms with E-state index in [9.17, 15) is 0 Å². The second-order valence-corrected chi connectivity index (χ2v) is 10.6. The largest absolute Gasteiger partial charge is 0.473 e. The van der Waals surface area contributed by atoms with E-state index in [1.165, 1.54) is 6.07 Å². The second-order valence-electron chi connectivity index (χ2n) is 10.6. The number of benzene rings is 1. The highest BCUT2D eigenvalue weighted by Crippen LogP contribution is 2.36. The van der Waals surface area contributed by atoms with Crippen molar-refractivity contribution in [3.05, 3.63) is 41.1 Å². The van der Waals surface area contributed by atoms with Crippen LogP contribution in [0.4, 0.5) is 4.39 Å². The summed E-state index contributed by atoms with van der Waals surface area (Å²) in [7, 11) is 1.81. The van der Waals surface area contributed by atoms with Crippen molar-refractivity contribution in [3.8, 4) is 22.9 Å². The van der Waals surface area contributed by atoms with Crippen LogP contribution in [-0.4, -0.2) is 60.0 Å². The van der Waals surface area contributed by atoms with Gasteiger partial charge in [-0.15, -0.1) is 5.10 Å². The Labute approximate surface area is 228 Å². The van der Waals surface area contributed by atoms with Crippen LogP contribution in [0.25, 0.3) is 34.2 Å². The Morgan fingerprint density at radius 2 is 1.97 bits per heavy atom. The van der Waals surface area contributed by atoms with E-state index in [-0.39, 0.29) is 24.1 Å². The number of likely N-dealkylation sites (N-methyl/N-ethyl adjacent to an activating group) is 1. The summed E-state index contributed by atoms with van der Waals surface area (Å²) in [5.74, 6) is 0.771. The third-order valence-corrected chi connectivity index (χ3v) is 7.28. The van der Waals surface area contributed by atoms with Crippen molar-refractivity contribution in [3.63, 3.8) is 0 Å². The minimum Gasteiger partial charge on any atom is -0.473 e. The van der Waals surface area contributed by atoms with Crippen molar-refractivity contribution in [2.24, 2.45) is 7.05 Å². The van der Waals surface area contributed by atoms with Crippen molar-refractivity contribution in [2.45, 2.75) is 72.8 Å². The first kappa shape index (κ1) is 26.9. The molecule has 39 heavy (non-hydrogen) atoms. The third-order valence-electron chi connectivity index (χ3n) is 7.28. The van der Waals surface area contributed by atoms with E-state index in [0.29, 0.717) is 47.2 Å². The summed E-state index contributed by atoms with van der Waals surface area (Å²) < 4.78 is 31.8. The van der Waals surface area contributed by atoms with Gasteiger partial charge in [0.05, 0.1) is 40.3 Å². The number of nitrogens with zero attached hydrogens (tertiary/aromatic N) is 6. The SMILES string of the molecule is CCC(C)n1nc(OC(C)C)c2c1CN(CC)CC(C)Oc1c(cnn1C)-c1cc3c(n[nH]c3cc1F)/C=C/2. The van der Waals surface area contributed by atoms with Gasteiger partial charge in [-0.1, -0.05) is 13.8 Å². The summed E-state index contributed by atoms with van der Waals surface area (Å²) in [4.78, 5) is 2.33. The number of hydrogen-bond donors (Lipinski definition) is 1. The first-order valence-electron chi connectivity index (χ1n) is 13.7. The van der Waals surface area contributed by atoms with Crippen LogP contribution in [0.5, 0.6) is 11.8 Å². The molecule has 2 bridgehead atoms. The quantitative estimate of drug-likeness (QED) is 0.346. The number of nitrogens with one attached hydrogen (secondary N) is 1. The number of fused-ring (bicyclic) bond motifs is 4. The fourth-order valence-electron chi connectivity index (χ4n) is 5.05. The van der Waals surface area contributed by atoms with E-state index in [2.05, 4.69) is 45.6 Å². The number of aromatic nitrogens is 6. The van der Waals surface area contributed by atoms with E-state index in [0.717, 1.165) is 29.6 Å². The average molecular weight is 536 g/mol. The number of halogens is 1. The van der Waals surface area contributed by atoms with Crippen LogP contribution in [-0.2, 0) is 13.6 Å². The van der Waals surface area contributed by atoms with E-state index in [4.69, 9.17) is 14.6 Å². The van der Waals surface area contributed by atoms with Crippen LogP contribution in [0.2, 0.25) is 0 Å². The maximum Gasteiger partial charge on any atom is 0.240 e. The number of ether oxygens (including phenoxy) is 2. The zero-order chi connectivity index (χ0) is 27.8. The van der Waals surface area contributed by atoms with Gasteiger partial charge in [0.1, 0.15) is 11.9 Å². The highest BCUT2D eigenvalue weighted by Gasteiger charge is 2.25. The highest BCUT2D eigenvalue weighted by molar-refractivity contribution is 5.93. The van der Waals surface area contributed by atoms with Gasteiger partial charge in [-0.2, -0.15) is 10.2 Å². The van der Waals surface area contributed by atoms with Gasteiger partial charge in [0.25, 0.3) is 0 Å². The van der Waals surface area contributed by atoms with E-state index in [1.807, 2.05) is 46.0 Å². The number of aryl methyl sites for hydroxylation is 1. The molecule has 9 nitrogen and oxygen atoms in total. The molecular formula is C29H38FN7O2. The van der Waals surface area contributed by atoms with Gasteiger partial charge in [0.15, 0.2) is 0 Å². The highest BCUT2D eigenvalue weighted by atomic mass is 19.1. The van der Waals surface area contributed by atoms with E-state index < -0.39 is 0 Å². The molecule has 208 valence electrons. The minimum absolute atomic E-state index is 0.0287. The zero-order valence-electron chi connectivity index (χ0n) is 23.8. The van der Waals surface area contributed by atoms with Crippen LogP contribution in [0.1, 0.15) is 71.0 Å². The lowest BCUT2D eigenvalue weighted by Gasteiger charge is -2.26. The van der Waals surface area contributed by atoms with Crippen molar-refractivity contribution in [1.82, 2.24) is 34.7 Å². The molecule has 2 atom stereocenters. The van der Waals surface area contributed by atoms with Crippen molar-refractivity contribution < 1.29 is 13.9 Å². The molecule has 2 unspecified atom stereocenters. The molecule has 1 aromatic carbocycles. The molecule has 0 amide bonds. The number of H-pyrrole nitrogens is 1. The monoisotopic (exact) mass is 535 g/mol. The summed E-state index contributed by atoms with van der Waals surface area (Å²) >= 11 is 0. The molecule has 0 fully saturated rings. The molecule has 0 saturated heterocycles. The van der Waals surface area contributed by atoms with Gasteiger partial charge < -0.3 is 9.47 Å². The van der Waals surface area contributed by atoms with Gasteiger partial charge in [-0.25, -0.2) is 9.07 Å². The summed E-state index contributed by atoms with van der Waals surface area (Å²) in [6, 6.07) is 3.49. The van der Waals surface area contributed by atoms with Crippen molar-refractivity contribution in [1.29, 1.82) is 0 Å². The molecule has 4 aromatic rings. The Kier molecular flexibility index (Phi) is 7.48. The number of rotatable bonds is 5. The lowest BCUT2D eigenvalue weighted by atomic mass is 10.0. The molecule has 1 aliphatic heterocycles. The second kappa shape index (κ2) is 10.8. The Balaban J connectivity index is 1.74. The molecule has 0 spiro atoms. The fourth-order valence-corrected chi connectivity index (χ4v) is 5.05. The fraction of sp³-hybridized carbons (Fsp3) is 0.483. The lowest BCUT2D eigenvalue weighted by Crippen LogP contribution is -2.35. The molecule has 10 heteroatoms. The van der Waals surface area contributed by atoms with Gasteiger partial charge >= 0.3 is 0 Å². The molecule has 1 aliphatic rings. The topological polar surface area (TPSA) is 86.0 Å². The smallest absolute Gasteiger partial charge is 0.240 e. The Bertz CT molecular complexity index is 1500. The molecule has 1 N–H and O–H groups in total. The maximum absolute atomic E-state index is 15.4. The summed E-state index contributed by atoms with van der Waals surface area (Å²) in [6.45, 7) is 14.7. The molecule has 0 aliphatic carbocycles. The Hall–Kier alpha value is -3.66. The molecule has 4 heterocycles. The lowest BCUT2D eigenvalue weighted by molar-refractivity contribution is 0.133. The van der Waals surface area contributed by atoms with Gasteiger partial charge in [-0.3, -0.25) is 14.7 Å². The van der Waals surface area contributed by atoms with Crippen molar-refractivity contribution in [2.75, 3.05) is 13.1 Å². The van der Waals surface area contributed by atoms with Crippen LogP contribution in [0.15, 0.2) is 18.3 Å². The molecular weight excluding hydrogens is 497 g/mol. The molecule has 0 saturated carbocycles. The summed E-state index contributed by atoms with van der Waals surface area (Å²) in [6.07, 6.45) is 6.37. The predicted molar refractivity (Wildman–Crippen MR) is 151 cm³/mol. The van der Waals surface area contributed by atoms with Gasteiger partial charge in [0.2, 0.25) is 11.8 Å². The third kappa shape index (κ3) is 5.17. The Morgan fingerprint density at radius 1 is 1.18 bits per heavy atom. The average Bonchev–Trinajstić information content (AvgIpc) is 3.56. The normalized spacial score (nSPS) is 17.9. The molecule has 5 rings (SSSR count). The first-order chi connectivity index (χ1) is 18.7. The minimum atomic E-state index is -0.364. The Morgan fingerprint density at radius 3 is 2.69 bits per heavy atom. The van der Waals surface area contributed by atoms with E-state index in [1.54, 1.807) is 10.9 Å². The number of aromatic amines is 1. The van der Waals surface area contributed by atoms with Crippen LogP contribution >= 0.6 is 0 Å². The zero-order valence-corrected chi connectivity index (χ0v) is 23.8. The van der Waals surface area contributed by atoms with Gasteiger partial charge in [0, 0.05) is 43.2 Å². The molecule has 3 aromatic heterocycles. The molecule has 0 radical (unpaired) electrons. The maximum atomic E-state index is 15.4.